The van der Waals surface area contributed by atoms with Crippen LogP contribution in [0, 0.1) is 0 Å². The van der Waals surface area contributed by atoms with Crippen LogP contribution >= 0.6 is 0 Å². The third-order valence-corrected chi connectivity index (χ3v) is 3.69. The number of carbonyl (C=O) groups is 1. The zero-order valence-electron chi connectivity index (χ0n) is 13.0. The normalized spacial score (nSPS) is 10.3. The van der Waals surface area contributed by atoms with Gasteiger partial charge in [-0.05, 0) is 29.0 Å². The number of hydrogen-bond donors (Lipinski definition) is 1. The summed E-state index contributed by atoms with van der Waals surface area (Å²) in [4.78, 5) is 12.7. The van der Waals surface area contributed by atoms with Crippen molar-refractivity contribution >= 4 is 22.4 Å². The summed E-state index contributed by atoms with van der Waals surface area (Å²) < 4.78 is 10.5. The molecule has 0 aliphatic heterocycles. The highest BCUT2D eigenvalue weighted by Gasteiger charge is 2.13. The summed E-state index contributed by atoms with van der Waals surface area (Å²) in [7, 11) is 3.14. The van der Waals surface area contributed by atoms with Crippen LogP contribution in [0.25, 0.3) is 10.8 Å². The van der Waals surface area contributed by atoms with E-state index in [-0.39, 0.29) is 5.91 Å². The lowest BCUT2D eigenvalue weighted by atomic mass is 10.0. The molecule has 0 unspecified atom stereocenters. The van der Waals surface area contributed by atoms with E-state index in [0.29, 0.717) is 22.7 Å². The van der Waals surface area contributed by atoms with Crippen molar-refractivity contribution in [1.82, 2.24) is 0 Å². The highest BCUT2D eigenvalue weighted by Crippen LogP contribution is 2.30. The molecule has 0 heterocycles. The number of carbonyl (C=O) groups excluding carboxylic acids is 1. The third kappa shape index (κ3) is 2.97. The van der Waals surface area contributed by atoms with Crippen molar-refractivity contribution in [2.24, 2.45) is 0 Å². The fourth-order valence-corrected chi connectivity index (χ4v) is 2.51. The zero-order valence-corrected chi connectivity index (χ0v) is 13.0. The minimum atomic E-state index is -0.176. The molecule has 0 bridgehead atoms. The van der Waals surface area contributed by atoms with E-state index in [9.17, 15) is 4.79 Å². The van der Waals surface area contributed by atoms with E-state index in [2.05, 4.69) is 5.32 Å². The van der Waals surface area contributed by atoms with Gasteiger partial charge in [0.25, 0.3) is 5.91 Å². The molecular weight excluding hydrogens is 290 g/mol. The maximum Gasteiger partial charge on any atom is 0.256 e. The Morgan fingerprint density at radius 1 is 0.913 bits per heavy atom. The van der Waals surface area contributed by atoms with Gasteiger partial charge in [-0.2, -0.15) is 0 Å². The van der Waals surface area contributed by atoms with Gasteiger partial charge in [0.2, 0.25) is 0 Å². The van der Waals surface area contributed by atoms with E-state index in [0.717, 1.165) is 10.8 Å². The lowest BCUT2D eigenvalue weighted by Crippen LogP contribution is -2.13. The lowest BCUT2D eigenvalue weighted by molar-refractivity contribution is 0.102. The van der Waals surface area contributed by atoms with Crippen LogP contribution < -0.4 is 14.8 Å². The molecule has 4 heteroatoms. The van der Waals surface area contributed by atoms with Crippen molar-refractivity contribution in [2.45, 2.75) is 0 Å². The Labute approximate surface area is 134 Å². The summed E-state index contributed by atoms with van der Waals surface area (Å²) in [6, 6.07) is 18.8. The largest absolute Gasteiger partial charge is 0.497 e. The summed E-state index contributed by atoms with van der Waals surface area (Å²) in [6.07, 6.45) is 0. The molecule has 0 aliphatic carbocycles. The van der Waals surface area contributed by atoms with Crippen LogP contribution in [0.4, 0.5) is 5.69 Å². The minimum absolute atomic E-state index is 0.176. The van der Waals surface area contributed by atoms with Crippen LogP contribution in [0.1, 0.15) is 10.4 Å². The van der Waals surface area contributed by atoms with Crippen molar-refractivity contribution in [3.05, 3.63) is 66.2 Å². The van der Waals surface area contributed by atoms with Gasteiger partial charge in [-0.1, -0.05) is 36.4 Å². The van der Waals surface area contributed by atoms with E-state index >= 15 is 0 Å². The molecule has 0 aliphatic rings. The predicted octanol–water partition coefficient (Wildman–Crippen LogP) is 4.11. The molecule has 23 heavy (non-hydrogen) atoms. The molecule has 0 saturated heterocycles. The smallest absolute Gasteiger partial charge is 0.256 e. The summed E-state index contributed by atoms with van der Waals surface area (Å²) >= 11 is 0. The van der Waals surface area contributed by atoms with E-state index in [1.807, 2.05) is 42.5 Å². The van der Waals surface area contributed by atoms with Gasteiger partial charge in [-0.15, -0.1) is 0 Å². The Kier molecular flexibility index (Phi) is 4.15. The molecule has 0 spiro atoms. The quantitative estimate of drug-likeness (QED) is 0.789. The molecule has 0 aromatic heterocycles. The summed E-state index contributed by atoms with van der Waals surface area (Å²) in [5, 5.41) is 4.85. The molecule has 0 saturated carbocycles. The van der Waals surface area contributed by atoms with Crippen molar-refractivity contribution in [1.29, 1.82) is 0 Å². The molecule has 0 atom stereocenters. The number of fused-ring (bicyclic) bond motifs is 1. The van der Waals surface area contributed by atoms with Gasteiger partial charge in [0.05, 0.1) is 19.9 Å². The van der Waals surface area contributed by atoms with Crippen molar-refractivity contribution < 1.29 is 14.3 Å². The second-order valence-corrected chi connectivity index (χ2v) is 5.05. The first-order valence-electron chi connectivity index (χ1n) is 7.24. The predicted molar refractivity (Wildman–Crippen MR) is 91.4 cm³/mol. The van der Waals surface area contributed by atoms with Gasteiger partial charge >= 0.3 is 0 Å². The molecule has 1 amide bonds. The van der Waals surface area contributed by atoms with Crippen LogP contribution in [-0.2, 0) is 0 Å². The molecule has 4 nitrogen and oxygen atoms in total. The van der Waals surface area contributed by atoms with Crippen molar-refractivity contribution in [3.63, 3.8) is 0 Å². The second kappa shape index (κ2) is 6.40. The Morgan fingerprint density at radius 3 is 2.48 bits per heavy atom. The molecular formula is C19H17NO3. The maximum atomic E-state index is 12.7. The molecule has 3 rings (SSSR count). The minimum Gasteiger partial charge on any atom is -0.497 e. The Bertz CT molecular complexity index is 853. The number of hydrogen-bond acceptors (Lipinski definition) is 3. The van der Waals surface area contributed by atoms with Crippen molar-refractivity contribution in [3.8, 4) is 11.5 Å². The number of methoxy groups -OCH3 is 2. The SMILES string of the molecule is COc1ccc(NC(=O)c2cccc3ccccc23)c(OC)c1. The highest BCUT2D eigenvalue weighted by atomic mass is 16.5. The Hall–Kier alpha value is -3.01. The van der Waals surface area contributed by atoms with Crippen LogP contribution in [0.3, 0.4) is 0 Å². The first-order chi connectivity index (χ1) is 11.2. The van der Waals surface area contributed by atoms with E-state index < -0.39 is 0 Å². The highest BCUT2D eigenvalue weighted by molar-refractivity contribution is 6.13. The first-order valence-corrected chi connectivity index (χ1v) is 7.24. The fraction of sp³-hybridized carbons (Fsp3) is 0.105. The number of ether oxygens (including phenoxy) is 2. The fourth-order valence-electron chi connectivity index (χ4n) is 2.51. The topological polar surface area (TPSA) is 47.6 Å². The van der Waals surface area contributed by atoms with Crippen LogP contribution in [0.5, 0.6) is 11.5 Å². The monoisotopic (exact) mass is 307 g/mol. The molecule has 3 aromatic carbocycles. The molecule has 116 valence electrons. The lowest BCUT2D eigenvalue weighted by Gasteiger charge is -2.12. The average Bonchev–Trinajstić information content (AvgIpc) is 2.61. The average molecular weight is 307 g/mol. The second-order valence-electron chi connectivity index (χ2n) is 5.05. The van der Waals surface area contributed by atoms with E-state index in [4.69, 9.17) is 9.47 Å². The molecule has 0 fully saturated rings. The first kappa shape index (κ1) is 14.9. The maximum absolute atomic E-state index is 12.7. The van der Waals surface area contributed by atoms with Gasteiger partial charge in [-0.3, -0.25) is 4.79 Å². The Morgan fingerprint density at radius 2 is 1.70 bits per heavy atom. The third-order valence-electron chi connectivity index (χ3n) is 3.69. The van der Waals surface area contributed by atoms with Crippen molar-refractivity contribution in [2.75, 3.05) is 19.5 Å². The van der Waals surface area contributed by atoms with Gasteiger partial charge in [-0.25, -0.2) is 0 Å². The van der Waals surface area contributed by atoms with Gasteiger partial charge in [0.15, 0.2) is 0 Å². The number of anilines is 1. The van der Waals surface area contributed by atoms with Gasteiger partial charge in [0, 0.05) is 11.6 Å². The van der Waals surface area contributed by atoms with E-state index in [1.165, 1.54) is 0 Å². The molecule has 0 radical (unpaired) electrons. The molecule has 3 aromatic rings. The number of amides is 1. The van der Waals surface area contributed by atoms with Crippen LogP contribution in [-0.4, -0.2) is 20.1 Å². The Balaban J connectivity index is 1.95. The number of rotatable bonds is 4. The molecule has 1 N–H and O–H groups in total. The summed E-state index contributed by atoms with van der Waals surface area (Å²) in [6.45, 7) is 0. The standard InChI is InChI=1S/C19H17NO3/c1-22-14-10-11-17(18(12-14)23-2)20-19(21)16-9-5-7-13-6-3-4-8-15(13)16/h3-12H,1-2H3,(H,20,21). The summed E-state index contributed by atoms with van der Waals surface area (Å²) in [5.74, 6) is 1.05. The number of benzene rings is 3. The van der Waals surface area contributed by atoms with Gasteiger partial charge < -0.3 is 14.8 Å². The van der Waals surface area contributed by atoms with Crippen LogP contribution in [0.15, 0.2) is 60.7 Å². The van der Waals surface area contributed by atoms with E-state index in [1.54, 1.807) is 32.4 Å². The number of nitrogens with one attached hydrogen (secondary N) is 1. The van der Waals surface area contributed by atoms with Crippen LogP contribution in [0.2, 0.25) is 0 Å². The summed E-state index contributed by atoms with van der Waals surface area (Å²) in [5.41, 5.74) is 1.23. The van der Waals surface area contributed by atoms with Gasteiger partial charge in [0.1, 0.15) is 11.5 Å². The zero-order chi connectivity index (χ0) is 16.2.